The van der Waals surface area contributed by atoms with E-state index in [9.17, 15) is 4.79 Å². The van der Waals surface area contributed by atoms with Gasteiger partial charge >= 0.3 is 0 Å². The van der Waals surface area contributed by atoms with Gasteiger partial charge in [0.2, 0.25) is 5.91 Å². The van der Waals surface area contributed by atoms with Crippen molar-refractivity contribution in [3.8, 4) is 11.8 Å². The van der Waals surface area contributed by atoms with E-state index in [4.69, 9.17) is 10.00 Å². The number of carbonyl (C=O) groups excluding carboxylic acids is 1. The highest BCUT2D eigenvalue weighted by Gasteiger charge is 2.16. The van der Waals surface area contributed by atoms with Gasteiger partial charge in [0.05, 0.1) is 5.56 Å². The summed E-state index contributed by atoms with van der Waals surface area (Å²) < 4.78 is 5.68. The van der Waals surface area contributed by atoms with Gasteiger partial charge < -0.3 is 15.4 Å². The van der Waals surface area contributed by atoms with Crippen LogP contribution >= 0.6 is 0 Å². The van der Waals surface area contributed by atoms with Crippen LogP contribution in [0.4, 0.5) is 5.69 Å². The van der Waals surface area contributed by atoms with Crippen LogP contribution in [0.2, 0.25) is 0 Å². The minimum Gasteiger partial charge on any atom is -0.491 e. The standard InChI is InChI=1S/C20H21N3O2/c1-14(15-6-8-18-16(12-15)7-9-20(24)23-18)22-10-11-25-19-5-3-2-4-17(19)13-21/h2-6,8,12,14,22H,7,9-11H2,1H3,(H,23,24)/t14-/m1/s1. The van der Waals surface area contributed by atoms with Crippen LogP contribution in [0, 0.1) is 11.3 Å². The third-order valence-electron chi connectivity index (χ3n) is 4.34. The minimum absolute atomic E-state index is 0.0845. The van der Waals surface area contributed by atoms with E-state index in [0.717, 1.165) is 12.1 Å². The molecule has 2 aromatic carbocycles. The van der Waals surface area contributed by atoms with Gasteiger partial charge in [-0.05, 0) is 42.7 Å². The molecule has 5 heteroatoms. The zero-order valence-electron chi connectivity index (χ0n) is 14.2. The SMILES string of the molecule is C[C@@H](NCCOc1ccccc1C#N)c1ccc2c(c1)CCC(=O)N2. The fraction of sp³-hybridized carbons (Fsp3) is 0.300. The monoisotopic (exact) mass is 335 g/mol. The van der Waals surface area contributed by atoms with E-state index in [0.29, 0.717) is 30.9 Å². The Morgan fingerprint density at radius 3 is 2.96 bits per heavy atom. The molecule has 0 fully saturated rings. The Bertz CT molecular complexity index is 811. The van der Waals surface area contributed by atoms with Gasteiger partial charge in [-0.25, -0.2) is 0 Å². The van der Waals surface area contributed by atoms with Gasteiger partial charge in [-0.1, -0.05) is 24.3 Å². The molecule has 0 saturated carbocycles. The second kappa shape index (κ2) is 7.82. The average Bonchev–Trinajstić information content (AvgIpc) is 2.64. The Morgan fingerprint density at radius 2 is 2.12 bits per heavy atom. The number of hydrogen-bond donors (Lipinski definition) is 2. The molecule has 25 heavy (non-hydrogen) atoms. The molecular weight excluding hydrogens is 314 g/mol. The van der Waals surface area contributed by atoms with Crippen molar-refractivity contribution in [3.05, 3.63) is 59.2 Å². The molecular formula is C20H21N3O2. The smallest absolute Gasteiger partial charge is 0.224 e. The summed E-state index contributed by atoms with van der Waals surface area (Å²) in [4.78, 5) is 11.4. The summed E-state index contributed by atoms with van der Waals surface area (Å²) in [6, 6.07) is 15.7. The zero-order valence-corrected chi connectivity index (χ0v) is 14.2. The van der Waals surface area contributed by atoms with Gasteiger partial charge in [0, 0.05) is 24.7 Å². The second-order valence-electron chi connectivity index (χ2n) is 6.10. The summed E-state index contributed by atoms with van der Waals surface area (Å²) in [5.41, 5.74) is 3.84. The Kier molecular flexibility index (Phi) is 5.32. The minimum atomic E-state index is 0.0845. The molecule has 128 valence electrons. The van der Waals surface area contributed by atoms with E-state index < -0.39 is 0 Å². The third kappa shape index (κ3) is 4.17. The Balaban J connectivity index is 1.52. The molecule has 0 saturated heterocycles. The number of carbonyl (C=O) groups is 1. The number of nitrogens with one attached hydrogen (secondary N) is 2. The largest absolute Gasteiger partial charge is 0.491 e. The fourth-order valence-electron chi connectivity index (χ4n) is 2.91. The molecule has 0 unspecified atom stereocenters. The topological polar surface area (TPSA) is 74.1 Å². The van der Waals surface area contributed by atoms with Gasteiger partial charge in [-0.3, -0.25) is 4.79 Å². The van der Waals surface area contributed by atoms with E-state index in [2.05, 4.69) is 29.7 Å². The van der Waals surface area contributed by atoms with E-state index in [1.165, 1.54) is 11.1 Å². The Morgan fingerprint density at radius 1 is 1.28 bits per heavy atom. The molecule has 0 bridgehead atoms. The molecule has 0 aliphatic carbocycles. The van der Waals surface area contributed by atoms with E-state index >= 15 is 0 Å². The highest BCUT2D eigenvalue weighted by atomic mass is 16.5. The normalized spacial score (nSPS) is 14.2. The number of amides is 1. The summed E-state index contributed by atoms with van der Waals surface area (Å²) in [5, 5.41) is 15.4. The van der Waals surface area contributed by atoms with Crippen molar-refractivity contribution in [2.75, 3.05) is 18.5 Å². The molecule has 1 heterocycles. The predicted octanol–water partition coefficient (Wildman–Crippen LogP) is 3.17. The predicted molar refractivity (Wildman–Crippen MR) is 96.5 cm³/mol. The lowest BCUT2D eigenvalue weighted by atomic mass is 9.98. The van der Waals surface area contributed by atoms with Crippen molar-refractivity contribution in [2.24, 2.45) is 0 Å². The number of rotatable bonds is 6. The van der Waals surface area contributed by atoms with Gasteiger partial charge in [-0.15, -0.1) is 0 Å². The van der Waals surface area contributed by atoms with Crippen LogP contribution in [0.3, 0.4) is 0 Å². The van der Waals surface area contributed by atoms with Crippen LogP contribution in [0.25, 0.3) is 0 Å². The highest BCUT2D eigenvalue weighted by molar-refractivity contribution is 5.93. The maximum absolute atomic E-state index is 11.4. The third-order valence-corrected chi connectivity index (χ3v) is 4.34. The molecule has 0 spiro atoms. The summed E-state index contributed by atoms with van der Waals surface area (Å²) in [6.45, 7) is 3.27. The first-order chi connectivity index (χ1) is 12.2. The zero-order chi connectivity index (χ0) is 17.6. The highest BCUT2D eigenvalue weighted by Crippen LogP contribution is 2.26. The van der Waals surface area contributed by atoms with Gasteiger partial charge in [0.25, 0.3) is 0 Å². The molecule has 2 N–H and O–H groups in total. The average molecular weight is 335 g/mol. The maximum Gasteiger partial charge on any atom is 0.224 e. The van der Waals surface area contributed by atoms with Crippen molar-refractivity contribution in [3.63, 3.8) is 0 Å². The van der Waals surface area contributed by atoms with Gasteiger partial charge in [0.1, 0.15) is 18.4 Å². The van der Waals surface area contributed by atoms with Crippen LogP contribution in [0.5, 0.6) is 5.75 Å². The molecule has 0 aromatic heterocycles. The van der Waals surface area contributed by atoms with E-state index in [1.807, 2.05) is 24.3 Å². The summed E-state index contributed by atoms with van der Waals surface area (Å²) in [6.07, 6.45) is 1.33. The summed E-state index contributed by atoms with van der Waals surface area (Å²) in [5.74, 6) is 0.699. The Labute approximate surface area is 147 Å². The number of hydrogen-bond acceptors (Lipinski definition) is 4. The molecule has 1 aliphatic heterocycles. The summed E-state index contributed by atoms with van der Waals surface area (Å²) in [7, 11) is 0. The second-order valence-corrected chi connectivity index (χ2v) is 6.10. The number of anilines is 1. The van der Waals surface area contributed by atoms with Crippen molar-refractivity contribution >= 4 is 11.6 Å². The molecule has 0 radical (unpaired) electrons. The van der Waals surface area contributed by atoms with E-state index in [1.54, 1.807) is 12.1 Å². The maximum atomic E-state index is 11.4. The first-order valence-electron chi connectivity index (χ1n) is 8.45. The van der Waals surface area contributed by atoms with E-state index in [-0.39, 0.29) is 11.9 Å². The Hall–Kier alpha value is -2.84. The van der Waals surface area contributed by atoms with Gasteiger partial charge in [0.15, 0.2) is 0 Å². The lowest BCUT2D eigenvalue weighted by Gasteiger charge is -2.20. The van der Waals surface area contributed by atoms with Crippen molar-refractivity contribution < 1.29 is 9.53 Å². The molecule has 5 nitrogen and oxygen atoms in total. The number of ether oxygens (including phenoxy) is 1. The first kappa shape index (κ1) is 17.0. The molecule has 1 aliphatic rings. The number of para-hydroxylation sites is 1. The van der Waals surface area contributed by atoms with Crippen molar-refractivity contribution in [1.82, 2.24) is 5.32 Å². The molecule has 3 rings (SSSR count). The van der Waals surface area contributed by atoms with Crippen LogP contribution in [-0.4, -0.2) is 19.1 Å². The number of nitrogens with zero attached hydrogens (tertiary/aromatic N) is 1. The van der Waals surface area contributed by atoms with Crippen molar-refractivity contribution in [2.45, 2.75) is 25.8 Å². The van der Waals surface area contributed by atoms with Gasteiger partial charge in [-0.2, -0.15) is 5.26 Å². The van der Waals surface area contributed by atoms with Crippen LogP contribution in [-0.2, 0) is 11.2 Å². The molecule has 1 amide bonds. The van der Waals surface area contributed by atoms with Crippen LogP contribution in [0.15, 0.2) is 42.5 Å². The lowest BCUT2D eigenvalue weighted by molar-refractivity contribution is -0.116. The fourth-order valence-corrected chi connectivity index (χ4v) is 2.91. The lowest BCUT2D eigenvalue weighted by Crippen LogP contribution is -2.25. The summed E-state index contributed by atoms with van der Waals surface area (Å²) >= 11 is 0. The number of aryl methyl sites for hydroxylation is 1. The van der Waals surface area contributed by atoms with Crippen LogP contribution in [0.1, 0.15) is 36.1 Å². The number of benzene rings is 2. The van der Waals surface area contributed by atoms with Crippen LogP contribution < -0.4 is 15.4 Å². The first-order valence-corrected chi connectivity index (χ1v) is 8.45. The molecule has 2 aromatic rings. The number of fused-ring (bicyclic) bond motifs is 1. The quantitative estimate of drug-likeness (QED) is 0.795. The number of nitriles is 1. The van der Waals surface area contributed by atoms with Crippen molar-refractivity contribution in [1.29, 1.82) is 5.26 Å². The molecule has 1 atom stereocenters.